The van der Waals surface area contributed by atoms with Crippen molar-refractivity contribution in [3.05, 3.63) is 34.2 Å². The summed E-state index contributed by atoms with van der Waals surface area (Å²) in [5.41, 5.74) is 0. The van der Waals surface area contributed by atoms with E-state index in [-0.39, 0.29) is 0 Å². The summed E-state index contributed by atoms with van der Waals surface area (Å²) in [6.07, 6.45) is 0. The average Bonchev–Trinajstić information content (AvgIpc) is 2.49. The number of fused-ring (bicyclic) bond motifs is 1. The van der Waals surface area contributed by atoms with Gasteiger partial charge in [0.25, 0.3) is 0 Å². The molecule has 0 bridgehead atoms. The normalized spacial score (nSPS) is 10.0. The van der Waals surface area contributed by atoms with Gasteiger partial charge < -0.3 is 0 Å². The van der Waals surface area contributed by atoms with Gasteiger partial charge in [0.1, 0.15) is 10.9 Å². The molecule has 2 aromatic rings. The molecule has 3 heteroatoms. The van der Waals surface area contributed by atoms with Gasteiger partial charge in [0.05, 0.1) is 0 Å². The maximum absolute atomic E-state index is 8.65. The highest BCUT2D eigenvalue weighted by Crippen LogP contribution is 2.30. The van der Waals surface area contributed by atoms with E-state index in [1.807, 2.05) is 24.3 Å². The Kier molecular flexibility index (Phi) is 1.76. The number of hydrogen-bond acceptors (Lipinski definition) is 2. The molecule has 0 aliphatic rings. The highest BCUT2D eigenvalue weighted by molar-refractivity contribution is 7.19. The zero-order valence-corrected chi connectivity index (χ0v) is 7.62. The molecule has 0 saturated carbocycles. The van der Waals surface area contributed by atoms with Gasteiger partial charge in [0, 0.05) is 15.1 Å². The molecule has 12 heavy (non-hydrogen) atoms. The minimum atomic E-state index is 0.707. The Hall–Kier alpha value is -1.04. The molecule has 2 rings (SSSR count). The molecule has 0 saturated heterocycles. The molecule has 1 aromatic carbocycles. The van der Waals surface area contributed by atoms with Crippen LogP contribution in [0.2, 0.25) is 5.02 Å². The first kappa shape index (κ1) is 7.60. The summed E-state index contributed by atoms with van der Waals surface area (Å²) in [4.78, 5) is 0.707. The predicted molar refractivity (Wildman–Crippen MR) is 51.6 cm³/mol. The fourth-order valence-electron chi connectivity index (χ4n) is 1.08. The summed E-state index contributed by atoms with van der Waals surface area (Å²) in [7, 11) is 0. The standard InChI is InChI=1S/C9H4ClNS/c10-8-2-1-3-9-7(8)4-6(5-11)12-9/h1-4H. The minimum Gasteiger partial charge on any atom is -0.192 e. The Bertz CT molecular complexity index is 467. The fourth-order valence-corrected chi connectivity index (χ4v) is 2.25. The van der Waals surface area contributed by atoms with Crippen molar-refractivity contribution in [2.75, 3.05) is 0 Å². The van der Waals surface area contributed by atoms with Crippen LogP contribution >= 0.6 is 22.9 Å². The second-order valence-electron chi connectivity index (χ2n) is 2.37. The van der Waals surface area contributed by atoms with E-state index in [2.05, 4.69) is 6.07 Å². The number of rotatable bonds is 0. The third kappa shape index (κ3) is 1.08. The van der Waals surface area contributed by atoms with Crippen LogP contribution in [0.4, 0.5) is 0 Å². The molecule has 1 nitrogen and oxygen atoms in total. The Morgan fingerprint density at radius 2 is 2.25 bits per heavy atom. The topological polar surface area (TPSA) is 23.8 Å². The van der Waals surface area contributed by atoms with Crippen LogP contribution in [-0.2, 0) is 0 Å². The molecule has 0 unspecified atom stereocenters. The molecular weight excluding hydrogens is 190 g/mol. The minimum absolute atomic E-state index is 0.707. The summed E-state index contributed by atoms with van der Waals surface area (Å²) in [5, 5.41) is 10.3. The van der Waals surface area contributed by atoms with Gasteiger partial charge in [-0.3, -0.25) is 0 Å². The van der Waals surface area contributed by atoms with Crippen molar-refractivity contribution < 1.29 is 0 Å². The van der Waals surface area contributed by atoms with Gasteiger partial charge in [-0.15, -0.1) is 11.3 Å². The number of benzene rings is 1. The molecule has 0 atom stereocenters. The molecule has 0 radical (unpaired) electrons. The van der Waals surface area contributed by atoms with Crippen molar-refractivity contribution in [2.24, 2.45) is 0 Å². The summed E-state index contributed by atoms with van der Waals surface area (Å²) < 4.78 is 1.07. The molecule has 1 aromatic heterocycles. The van der Waals surface area contributed by atoms with Crippen LogP contribution in [-0.4, -0.2) is 0 Å². The van der Waals surface area contributed by atoms with E-state index >= 15 is 0 Å². The fraction of sp³-hybridized carbons (Fsp3) is 0. The largest absolute Gasteiger partial charge is 0.192 e. The zero-order valence-electron chi connectivity index (χ0n) is 6.04. The molecule has 0 fully saturated rings. The molecule has 58 valence electrons. The molecule has 0 amide bonds. The van der Waals surface area contributed by atoms with E-state index in [9.17, 15) is 0 Å². The van der Waals surface area contributed by atoms with Gasteiger partial charge in [-0.2, -0.15) is 5.26 Å². The number of nitrogens with zero attached hydrogens (tertiary/aromatic N) is 1. The second-order valence-corrected chi connectivity index (χ2v) is 3.87. The van der Waals surface area contributed by atoms with Crippen molar-refractivity contribution in [2.45, 2.75) is 0 Å². The Labute approximate surface area is 78.8 Å². The quantitative estimate of drug-likeness (QED) is 0.629. The lowest BCUT2D eigenvalue weighted by atomic mass is 10.2. The van der Waals surface area contributed by atoms with Crippen LogP contribution in [0.3, 0.4) is 0 Å². The van der Waals surface area contributed by atoms with Crippen LogP contribution in [0.15, 0.2) is 24.3 Å². The van der Waals surface area contributed by atoms with E-state index in [0.29, 0.717) is 9.90 Å². The van der Waals surface area contributed by atoms with E-state index in [4.69, 9.17) is 16.9 Å². The SMILES string of the molecule is N#Cc1cc2c(Cl)cccc2s1. The van der Waals surface area contributed by atoms with Gasteiger partial charge in [-0.25, -0.2) is 0 Å². The highest BCUT2D eigenvalue weighted by Gasteiger charge is 2.02. The van der Waals surface area contributed by atoms with Gasteiger partial charge in [0.2, 0.25) is 0 Å². The number of nitriles is 1. The van der Waals surface area contributed by atoms with Crippen LogP contribution in [0.1, 0.15) is 4.88 Å². The molecule has 0 aliphatic carbocycles. The lowest BCUT2D eigenvalue weighted by molar-refractivity contribution is 1.52. The smallest absolute Gasteiger partial charge is 0.110 e. The van der Waals surface area contributed by atoms with Crippen molar-refractivity contribution in [3.63, 3.8) is 0 Å². The lowest BCUT2D eigenvalue weighted by Crippen LogP contribution is -1.63. The molecule has 0 N–H and O–H groups in total. The first-order valence-electron chi connectivity index (χ1n) is 3.39. The van der Waals surface area contributed by atoms with E-state index in [1.165, 1.54) is 11.3 Å². The monoisotopic (exact) mass is 193 g/mol. The van der Waals surface area contributed by atoms with Crippen LogP contribution in [0.25, 0.3) is 10.1 Å². The number of hydrogen-bond donors (Lipinski definition) is 0. The summed E-state index contributed by atoms with van der Waals surface area (Å²) in [6.45, 7) is 0. The van der Waals surface area contributed by atoms with Crippen molar-refractivity contribution in [1.29, 1.82) is 5.26 Å². The van der Waals surface area contributed by atoms with Gasteiger partial charge in [0.15, 0.2) is 0 Å². The third-order valence-corrected chi connectivity index (χ3v) is 2.95. The second kappa shape index (κ2) is 2.78. The Morgan fingerprint density at radius 1 is 1.42 bits per heavy atom. The average molecular weight is 194 g/mol. The van der Waals surface area contributed by atoms with Crippen LogP contribution < -0.4 is 0 Å². The van der Waals surface area contributed by atoms with Gasteiger partial charge in [-0.1, -0.05) is 17.7 Å². The number of halogens is 1. The first-order valence-corrected chi connectivity index (χ1v) is 4.59. The summed E-state index contributed by atoms with van der Waals surface area (Å²) in [5.74, 6) is 0. The molecular formula is C9H4ClNS. The summed E-state index contributed by atoms with van der Waals surface area (Å²) in [6, 6.07) is 9.61. The number of thiophene rings is 1. The van der Waals surface area contributed by atoms with E-state index in [1.54, 1.807) is 0 Å². The molecule has 1 heterocycles. The lowest BCUT2D eigenvalue weighted by Gasteiger charge is -1.89. The van der Waals surface area contributed by atoms with E-state index in [0.717, 1.165) is 10.1 Å². The predicted octanol–water partition coefficient (Wildman–Crippen LogP) is 3.43. The van der Waals surface area contributed by atoms with Crippen molar-refractivity contribution in [3.8, 4) is 6.07 Å². The maximum atomic E-state index is 8.65. The highest BCUT2D eigenvalue weighted by atomic mass is 35.5. The third-order valence-electron chi connectivity index (χ3n) is 1.62. The summed E-state index contributed by atoms with van der Waals surface area (Å²) >= 11 is 7.39. The van der Waals surface area contributed by atoms with Crippen LogP contribution in [0, 0.1) is 11.3 Å². The van der Waals surface area contributed by atoms with E-state index < -0.39 is 0 Å². The van der Waals surface area contributed by atoms with Gasteiger partial charge in [-0.05, 0) is 18.2 Å². The van der Waals surface area contributed by atoms with Crippen LogP contribution in [0.5, 0.6) is 0 Å². The molecule has 0 spiro atoms. The Balaban J connectivity index is 2.85. The maximum Gasteiger partial charge on any atom is 0.110 e. The Morgan fingerprint density at radius 3 is 2.92 bits per heavy atom. The zero-order chi connectivity index (χ0) is 8.55. The van der Waals surface area contributed by atoms with Crippen molar-refractivity contribution >= 4 is 33.0 Å². The first-order chi connectivity index (χ1) is 5.81. The van der Waals surface area contributed by atoms with Crippen molar-refractivity contribution in [1.82, 2.24) is 0 Å². The van der Waals surface area contributed by atoms with Gasteiger partial charge >= 0.3 is 0 Å². The molecule has 0 aliphatic heterocycles.